The maximum absolute atomic E-state index is 11.6. The summed E-state index contributed by atoms with van der Waals surface area (Å²) < 4.78 is 0. The first kappa shape index (κ1) is 11.2. The number of alkyl halides is 1. The topological polar surface area (TPSA) is 72.0 Å². The van der Waals surface area contributed by atoms with Crippen LogP contribution in [0.25, 0.3) is 0 Å². The van der Waals surface area contributed by atoms with Crippen LogP contribution in [0.4, 0.5) is 0 Å². The molecule has 0 radical (unpaired) electrons. The van der Waals surface area contributed by atoms with Crippen LogP contribution in [0, 0.1) is 0 Å². The summed E-state index contributed by atoms with van der Waals surface area (Å²) in [5, 5.41) is 10.8. The van der Waals surface area contributed by atoms with Crippen LogP contribution in [0.3, 0.4) is 0 Å². The Hall–Kier alpha value is -1.30. The van der Waals surface area contributed by atoms with E-state index in [0.29, 0.717) is 23.9 Å². The second kappa shape index (κ2) is 4.69. The van der Waals surface area contributed by atoms with E-state index in [-0.39, 0.29) is 17.7 Å². The molecule has 1 aliphatic rings. The monoisotopic (exact) mass is 283 g/mol. The molecule has 5 nitrogen and oxygen atoms in total. The van der Waals surface area contributed by atoms with Crippen molar-refractivity contribution in [1.29, 1.82) is 0 Å². The highest BCUT2D eigenvalue weighted by Gasteiger charge is 2.29. The fourth-order valence-electron chi connectivity index (χ4n) is 1.64. The molecule has 0 aromatic carbocycles. The average Bonchev–Trinajstić information content (AvgIpc) is 2.29. The highest BCUT2D eigenvalue weighted by molar-refractivity contribution is 9.08. The van der Waals surface area contributed by atoms with Gasteiger partial charge < -0.3 is 0 Å². The SMILES string of the molecule is O=C1CCC(c2cc(CBr)cnn2)C(=O)N1. The molecule has 1 aromatic rings. The molecular formula is C10H10BrN3O2. The Balaban J connectivity index is 2.23. The number of nitrogens with one attached hydrogen (secondary N) is 1. The van der Waals surface area contributed by atoms with Crippen LogP contribution in [0.5, 0.6) is 0 Å². The number of imide groups is 1. The molecule has 0 aliphatic carbocycles. The van der Waals surface area contributed by atoms with Crippen LogP contribution in [0.2, 0.25) is 0 Å². The first-order valence-corrected chi connectivity index (χ1v) is 6.04. The standard InChI is InChI=1S/C10H10BrN3O2/c11-4-6-3-8(14-12-5-6)7-1-2-9(15)13-10(7)16/h3,5,7H,1-2,4H2,(H,13,15,16). The maximum atomic E-state index is 11.6. The maximum Gasteiger partial charge on any atom is 0.235 e. The third kappa shape index (κ3) is 2.27. The van der Waals surface area contributed by atoms with Crippen LogP contribution in [0.1, 0.15) is 30.0 Å². The van der Waals surface area contributed by atoms with Gasteiger partial charge in [-0.2, -0.15) is 10.2 Å². The summed E-state index contributed by atoms with van der Waals surface area (Å²) in [4.78, 5) is 22.6. The smallest absolute Gasteiger partial charge is 0.235 e. The molecule has 1 fully saturated rings. The van der Waals surface area contributed by atoms with Crippen LogP contribution >= 0.6 is 15.9 Å². The number of amides is 2. The predicted molar refractivity (Wildman–Crippen MR) is 59.8 cm³/mol. The van der Waals surface area contributed by atoms with Gasteiger partial charge in [0, 0.05) is 11.8 Å². The second-order valence-corrected chi connectivity index (χ2v) is 4.19. The highest BCUT2D eigenvalue weighted by Crippen LogP contribution is 2.23. The van der Waals surface area contributed by atoms with Crippen LogP contribution < -0.4 is 5.32 Å². The fourth-order valence-corrected chi connectivity index (χ4v) is 1.95. The van der Waals surface area contributed by atoms with Crippen molar-refractivity contribution in [2.24, 2.45) is 0 Å². The molecule has 1 N–H and O–H groups in total. The third-order valence-corrected chi connectivity index (χ3v) is 3.13. The molecule has 1 aromatic heterocycles. The van der Waals surface area contributed by atoms with Crippen molar-refractivity contribution < 1.29 is 9.59 Å². The lowest BCUT2D eigenvalue weighted by Crippen LogP contribution is -2.39. The van der Waals surface area contributed by atoms with Crippen molar-refractivity contribution in [3.8, 4) is 0 Å². The van der Waals surface area contributed by atoms with Gasteiger partial charge in [-0.3, -0.25) is 14.9 Å². The van der Waals surface area contributed by atoms with Gasteiger partial charge in [0.25, 0.3) is 0 Å². The summed E-state index contributed by atoms with van der Waals surface area (Å²) in [6, 6.07) is 1.84. The van der Waals surface area contributed by atoms with Gasteiger partial charge in [0.2, 0.25) is 11.8 Å². The minimum atomic E-state index is -0.357. The average molecular weight is 284 g/mol. The van der Waals surface area contributed by atoms with E-state index in [9.17, 15) is 9.59 Å². The number of halogens is 1. The number of carbonyl (C=O) groups excluding carboxylic acids is 2. The molecule has 1 unspecified atom stereocenters. The molecule has 0 bridgehead atoms. The lowest BCUT2D eigenvalue weighted by molar-refractivity contribution is -0.134. The van der Waals surface area contributed by atoms with Crippen molar-refractivity contribution in [2.45, 2.75) is 24.1 Å². The number of hydrogen-bond acceptors (Lipinski definition) is 4. The summed E-state index contributed by atoms with van der Waals surface area (Å²) >= 11 is 3.32. The van der Waals surface area contributed by atoms with E-state index in [2.05, 4.69) is 31.4 Å². The van der Waals surface area contributed by atoms with Gasteiger partial charge in [-0.1, -0.05) is 15.9 Å². The van der Waals surface area contributed by atoms with Gasteiger partial charge in [0.1, 0.15) is 0 Å². The van der Waals surface area contributed by atoms with Gasteiger partial charge in [-0.05, 0) is 18.1 Å². The molecule has 2 amide bonds. The molecule has 1 atom stereocenters. The molecule has 84 valence electrons. The summed E-state index contributed by atoms with van der Waals surface area (Å²) in [5.74, 6) is -0.854. The minimum absolute atomic E-state index is 0.217. The Morgan fingerprint density at radius 1 is 1.50 bits per heavy atom. The Labute approximate surface area is 101 Å². The lowest BCUT2D eigenvalue weighted by Gasteiger charge is -2.19. The number of aromatic nitrogens is 2. The van der Waals surface area contributed by atoms with Crippen molar-refractivity contribution in [3.63, 3.8) is 0 Å². The minimum Gasteiger partial charge on any atom is -0.296 e. The Morgan fingerprint density at radius 2 is 2.31 bits per heavy atom. The van der Waals surface area contributed by atoms with E-state index in [1.807, 2.05) is 6.07 Å². The van der Waals surface area contributed by atoms with Crippen LogP contribution in [-0.2, 0) is 14.9 Å². The first-order chi connectivity index (χ1) is 7.70. The molecule has 16 heavy (non-hydrogen) atoms. The van der Waals surface area contributed by atoms with Gasteiger partial charge >= 0.3 is 0 Å². The zero-order valence-corrected chi connectivity index (χ0v) is 10.0. The van der Waals surface area contributed by atoms with Gasteiger partial charge in [-0.15, -0.1) is 0 Å². The quantitative estimate of drug-likeness (QED) is 0.646. The predicted octanol–water partition coefficient (Wildman–Crippen LogP) is 0.892. The summed E-state index contributed by atoms with van der Waals surface area (Å²) in [6.07, 6.45) is 2.51. The first-order valence-electron chi connectivity index (χ1n) is 4.92. The lowest BCUT2D eigenvalue weighted by atomic mass is 9.94. The Kier molecular flexibility index (Phi) is 3.28. The van der Waals surface area contributed by atoms with E-state index in [1.54, 1.807) is 6.20 Å². The molecule has 0 saturated carbocycles. The van der Waals surface area contributed by atoms with Crippen molar-refractivity contribution in [2.75, 3.05) is 0 Å². The van der Waals surface area contributed by atoms with Crippen molar-refractivity contribution in [1.82, 2.24) is 15.5 Å². The zero-order valence-electron chi connectivity index (χ0n) is 8.44. The number of rotatable bonds is 2. The number of hydrogen-bond donors (Lipinski definition) is 1. The molecule has 0 spiro atoms. The van der Waals surface area contributed by atoms with Gasteiger partial charge in [-0.25, -0.2) is 0 Å². The Morgan fingerprint density at radius 3 is 3.00 bits per heavy atom. The van der Waals surface area contributed by atoms with E-state index < -0.39 is 0 Å². The number of carbonyl (C=O) groups is 2. The Bertz CT molecular complexity index is 436. The zero-order chi connectivity index (χ0) is 11.5. The molecule has 1 aliphatic heterocycles. The van der Waals surface area contributed by atoms with Crippen LogP contribution in [-0.4, -0.2) is 22.0 Å². The van der Waals surface area contributed by atoms with Gasteiger partial charge in [0.05, 0.1) is 17.8 Å². The molecule has 2 rings (SSSR count). The normalized spacial score (nSPS) is 20.7. The highest BCUT2D eigenvalue weighted by atomic mass is 79.9. The van der Waals surface area contributed by atoms with Crippen LogP contribution in [0.15, 0.2) is 12.3 Å². The summed E-state index contributed by atoms with van der Waals surface area (Å²) in [7, 11) is 0. The summed E-state index contributed by atoms with van der Waals surface area (Å²) in [6.45, 7) is 0. The number of piperidine rings is 1. The number of nitrogens with zero attached hydrogens (tertiary/aromatic N) is 2. The van der Waals surface area contributed by atoms with E-state index in [0.717, 1.165) is 5.56 Å². The fraction of sp³-hybridized carbons (Fsp3) is 0.400. The molecule has 1 saturated heterocycles. The van der Waals surface area contributed by atoms with Gasteiger partial charge in [0.15, 0.2) is 0 Å². The molecular weight excluding hydrogens is 274 g/mol. The molecule has 6 heteroatoms. The molecule has 2 heterocycles. The summed E-state index contributed by atoms with van der Waals surface area (Å²) in [5.41, 5.74) is 1.59. The van der Waals surface area contributed by atoms with Crippen molar-refractivity contribution >= 4 is 27.7 Å². The van der Waals surface area contributed by atoms with Crippen molar-refractivity contribution in [3.05, 3.63) is 23.5 Å². The second-order valence-electron chi connectivity index (χ2n) is 3.63. The third-order valence-electron chi connectivity index (χ3n) is 2.48. The largest absolute Gasteiger partial charge is 0.296 e. The van der Waals surface area contributed by atoms with E-state index in [4.69, 9.17) is 0 Å². The van der Waals surface area contributed by atoms with E-state index >= 15 is 0 Å². The van der Waals surface area contributed by atoms with E-state index in [1.165, 1.54) is 0 Å².